The molecule has 2 aromatic rings. The molecule has 3 rings (SSSR count). The summed E-state index contributed by atoms with van der Waals surface area (Å²) in [4.78, 5) is 0. The molecule has 1 aliphatic carbocycles. The van der Waals surface area contributed by atoms with Gasteiger partial charge >= 0.3 is 0 Å². The van der Waals surface area contributed by atoms with E-state index in [0.717, 1.165) is 34.8 Å². The second kappa shape index (κ2) is 7.62. The van der Waals surface area contributed by atoms with Gasteiger partial charge in [-0.05, 0) is 42.7 Å². The molecule has 4 heteroatoms. The number of hydrogen-bond acceptors (Lipinski definition) is 4. The van der Waals surface area contributed by atoms with Crippen molar-refractivity contribution in [2.75, 3.05) is 19.0 Å². The lowest BCUT2D eigenvalue weighted by molar-refractivity contribution is 0.0762. The Morgan fingerprint density at radius 2 is 2.04 bits per heavy atom. The quantitative estimate of drug-likeness (QED) is 0.852. The smallest absolute Gasteiger partial charge is 0.121 e. The summed E-state index contributed by atoms with van der Waals surface area (Å²) in [7, 11) is 1.67. The molecule has 1 aromatic heterocycles. The summed E-state index contributed by atoms with van der Waals surface area (Å²) in [5.41, 5.74) is 2.39. The fourth-order valence-electron chi connectivity index (χ4n) is 3.57. The fourth-order valence-corrected chi connectivity index (χ4v) is 3.57. The van der Waals surface area contributed by atoms with Crippen molar-refractivity contribution in [1.82, 2.24) is 10.2 Å². The number of fused-ring (bicyclic) bond motifs is 1. The first-order valence-corrected chi connectivity index (χ1v) is 8.69. The molecule has 0 spiro atoms. The van der Waals surface area contributed by atoms with Crippen molar-refractivity contribution in [1.29, 1.82) is 0 Å². The van der Waals surface area contributed by atoms with E-state index >= 15 is 0 Å². The molecule has 0 atom stereocenters. The maximum absolute atomic E-state index is 5.24. The van der Waals surface area contributed by atoms with Crippen molar-refractivity contribution in [2.24, 2.45) is 11.3 Å². The van der Waals surface area contributed by atoms with E-state index in [2.05, 4.69) is 29.4 Å². The van der Waals surface area contributed by atoms with Gasteiger partial charge in [-0.2, -0.15) is 10.2 Å². The monoisotopic (exact) mass is 315 g/mol. The van der Waals surface area contributed by atoms with Gasteiger partial charge < -0.3 is 10.1 Å². The van der Waals surface area contributed by atoms with Gasteiger partial charge in [-0.3, -0.25) is 0 Å². The number of benzene rings is 1. The van der Waals surface area contributed by atoms with Crippen LogP contribution in [-0.2, 0) is 0 Å². The topological polar surface area (TPSA) is 47.0 Å². The van der Waals surface area contributed by atoms with E-state index in [4.69, 9.17) is 4.74 Å². The van der Waals surface area contributed by atoms with Crippen molar-refractivity contribution in [2.45, 2.75) is 47.0 Å². The third-order valence-corrected chi connectivity index (χ3v) is 4.81. The number of hydrogen-bond donors (Lipinski definition) is 1. The summed E-state index contributed by atoms with van der Waals surface area (Å²) in [6, 6.07) is 5.94. The lowest BCUT2D eigenvalue weighted by Crippen LogP contribution is -2.41. The van der Waals surface area contributed by atoms with Gasteiger partial charge in [0, 0.05) is 18.0 Å². The molecule has 1 aromatic carbocycles. The van der Waals surface area contributed by atoms with Gasteiger partial charge in [0.25, 0.3) is 0 Å². The van der Waals surface area contributed by atoms with Gasteiger partial charge in [-0.25, -0.2) is 0 Å². The van der Waals surface area contributed by atoms with E-state index in [9.17, 15) is 0 Å². The van der Waals surface area contributed by atoms with E-state index in [0.29, 0.717) is 5.41 Å². The standard InChI is InChI=1S/C17H23N3O.C2H6/c1-4-17(8-12(2)9-17)11-18-16-10-19-20-15-7-13(21-3)5-6-14(15)16;1-2/h5-7,10,12H,4,8-9,11H2,1-3H3,(H,18,20);1-2H3. The highest BCUT2D eigenvalue weighted by molar-refractivity contribution is 5.91. The van der Waals surface area contributed by atoms with E-state index in [1.165, 1.54) is 19.3 Å². The third-order valence-electron chi connectivity index (χ3n) is 4.81. The first kappa shape index (κ1) is 17.5. The molecule has 0 amide bonds. The van der Waals surface area contributed by atoms with Crippen molar-refractivity contribution >= 4 is 16.6 Å². The Morgan fingerprint density at radius 1 is 1.30 bits per heavy atom. The van der Waals surface area contributed by atoms with E-state index in [-0.39, 0.29) is 0 Å². The molecule has 1 aliphatic rings. The summed E-state index contributed by atoms with van der Waals surface area (Å²) in [5.74, 6) is 1.68. The zero-order valence-corrected chi connectivity index (χ0v) is 15.0. The zero-order valence-electron chi connectivity index (χ0n) is 15.0. The van der Waals surface area contributed by atoms with Crippen molar-refractivity contribution in [3.63, 3.8) is 0 Å². The van der Waals surface area contributed by atoms with Crippen LogP contribution in [0.3, 0.4) is 0 Å². The number of nitrogens with zero attached hydrogens (tertiary/aromatic N) is 2. The van der Waals surface area contributed by atoms with E-state index in [1.807, 2.05) is 38.2 Å². The molecule has 0 unspecified atom stereocenters. The van der Waals surface area contributed by atoms with E-state index < -0.39 is 0 Å². The van der Waals surface area contributed by atoms with Crippen LogP contribution in [0, 0.1) is 11.3 Å². The minimum absolute atomic E-state index is 0.460. The van der Waals surface area contributed by atoms with Gasteiger partial charge in [0.1, 0.15) is 5.75 Å². The molecule has 0 radical (unpaired) electrons. The Bertz CT molecular complexity index is 636. The highest BCUT2D eigenvalue weighted by Crippen LogP contribution is 2.48. The summed E-state index contributed by atoms with van der Waals surface area (Å²) in [5, 5.41) is 13.0. The van der Waals surface area contributed by atoms with Crippen LogP contribution in [0.25, 0.3) is 10.9 Å². The number of anilines is 1. The molecular formula is C19H29N3O. The Hall–Kier alpha value is -1.84. The predicted octanol–water partition coefficient (Wildman–Crippen LogP) is 4.90. The number of rotatable bonds is 5. The number of aromatic nitrogens is 2. The SMILES string of the molecule is CC.CCC1(CNc2cnnc3cc(OC)ccc23)CC(C)C1. The molecule has 1 N–H and O–H groups in total. The Kier molecular flexibility index (Phi) is 5.80. The Labute approximate surface area is 139 Å². The number of ether oxygens (including phenoxy) is 1. The van der Waals surface area contributed by atoms with E-state index in [1.54, 1.807) is 7.11 Å². The largest absolute Gasteiger partial charge is 0.497 e. The van der Waals surface area contributed by atoms with Crippen LogP contribution >= 0.6 is 0 Å². The van der Waals surface area contributed by atoms with Crippen LogP contribution in [0.4, 0.5) is 5.69 Å². The van der Waals surface area contributed by atoms with Crippen molar-refractivity contribution in [3.8, 4) is 5.75 Å². The minimum atomic E-state index is 0.460. The molecular weight excluding hydrogens is 286 g/mol. The average molecular weight is 315 g/mol. The summed E-state index contributed by atoms with van der Waals surface area (Å²) in [6.07, 6.45) is 5.69. The van der Waals surface area contributed by atoms with Gasteiger partial charge in [0.2, 0.25) is 0 Å². The van der Waals surface area contributed by atoms with Crippen LogP contribution < -0.4 is 10.1 Å². The molecule has 1 fully saturated rings. The Morgan fingerprint density at radius 3 is 2.65 bits per heavy atom. The number of methoxy groups -OCH3 is 1. The van der Waals surface area contributed by atoms with Gasteiger partial charge in [-0.15, -0.1) is 0 Å². The molecule has 1 saturated carbocycles. The third kappa shape index (κ3) is 3.74. The van der Waals surface area contributed by atoms with Crippen LogP contribution in [0.1, 0.15) is 47.0 Å². The highest BCUT2D eigenvalue weighted by atomic mass is 16.5. The minimum Gasteiger partial charge on any atom is -0.497 e. The summed E-state index contributed by atoms with van der Waals surface area (Å²) >= 11 is 0. The van der Waals surface area contributed by atoms with Crippen LogP contribution in [0.5, 0.6) is 5.75 Å². The second-order valence-corrected chi connectivity index (χ2v) is 6.36. The first-order chi connectivity index (χ1) is 11.2. The molecule has 4 nitrogen and oxygen atoms in total. The summed E-state index contributed by atoms with van der Waals surface area (Å²) in [6.45, 7) is 9.64. The lowest BCUT2D eigenvalue weighted by Gasteiger charge is -2.46. The molecule has 23 heavy (non-hydrogen) atoms. The van der Waals surface area contributed by atoms with Gasteiger partial charge in [0.05, 0.1) is 24.5 Å². The molecule has 126 valence electrons. The van der Waals surface area contributed by atoms with Crippen LogP contribution in [0.2, 0.25) is 0 Å². The lowest BCUT2D eigenvalue weighted by atomic mass is 9.61. The molecule has 0 saturated heterocycles. The Balaban J connectivity index is 0.000000924. The van der Waals surface area contributed by atoms with Crippen molar-refractivity contribution < 1.29 is 4.74 Å². The number of nitrogens with one attached hydrogen (secondary N) is 1. The maximum Gasteiger partial charge on any atom is 0.121 e. The molecule has 0 bridgehead atoms. The van der Waals surface area contributed by atoms with Crippen LogP contribution in [0.15, 0.2) is 24.4 Å². The summed E-state index contributed by atoms with van der Waals surface area (Å²) < 4.78 is 5.24. The van der Waals surface area contributed by atoms with Crippen LogP contribution in [-0.4, -0.2) is 23.9 Å². The second-order valence-electron chi connectivity index (χ2n) is 6.36. The van der Waals surface area contributed by atoms with Gasteiger partial charge in [0.15, 0.2) is 0 Å². The first-order valence-electron chi connectivity index (χ1n) is 8.69. The highest BCUT2D eigenvalue weighted by Gasteiger charge is 2.40. The zero-order chi connectivity index (χ0) is 16.9. The van der Waals surface area contributed by atoms with Gasteiger partial charge in [-0.1, -0.05) is 27.7 Å². The molecule has 1 heterocycles. The normalized spacial score (nSPS) is 22.7. The maximum atomic E-state index is 5.24. The van der Waals surface area contributed by atoms with Crippen molar-refractivity contribution in [3.05, 3.63) is 24.4 Å². The molecule has 0 aliphatic heterocycles. The fraction of sp³-hybridized carbons (Fsp3) is 0.579. The average Bonchev–Trinajstić information content (AvgIpc) is 2.58. The predicted molar refractivity (Wildman–Crippen MR) is 97.0 cm³/mol.